The van der Waals surface area contributed by atoms with Crippen LogP contribution in [0.15, 0.2) is 11.5 Å². The second-order valence-electron chi connectivity index (χ2n) is 4.98. The molecule has 1 saturated carbocycles. The number of methoxy groups -OCH3 is 1. The molecule has 1 unspecified atom stereocenters. The largest absolute Gasteiger partial charge is 0.468 e. The van der Waals surface area contributed by atoms with Crippen LogP contribution in [0.4, 0.5) is 0 Å². The smallest absolute Gasteiger partial charge is 0.325 e. The zero-order chi connectivity index (χ0) is 13.7. The SMILES string of the molecule is COC(=O)C(C)(CCCSc1ncn[nH]1)NC1CC1. The minimum absolute atomic E-state index is 0.177. The number of aromatic nitrogens is 3. The van der Waals surface area contributed by atoms with E-state index in [2.05, 4.69) is 20.5 Å². The summed E-state index contributed by atoms with van der Waals surface area (Å²) >= 11 is 1.61. The maximum atomic E-state index is 11.9. The van der Waals surface area contributed by atoms with Crippen molar-refractivity contribution in [1.29, 1.82) is 0 Å². The molecule has 2 rings (SSSR count). The summed E-state index contributed by atoms with van der Waals surface area (Å²) in [5.74, 6) is 0.720. The fourth-order valence-electron chi connectivity index (χ4n) is 1.99. The van der Waals surface area contributed by atoms with Gasteiger partial charge in [0.15, 0.2) is 5.16 Å². The second kappa shape index (κ2) is 6.38. The van der Waals surface area contributed by atoms with Crippen molar-refractivity contribution in [2.45, 2.75) is 49.3 Å². The summed E-state index contributed by atoms with van der Waals surface area (Å²) in [6.45, 7) is 1.93. The number of H-pyrrole nitrogens is 1. The molecule has 1 atom stereocenters. The monoisotopic (exact) mass is 284 g/mol. The molecule has 1 heterocycles. The molecule has 7 heteroatoms. The van der Waals surface area contributed by atoms with Crippen molar-refractivity contribution in [3.05, 3.63) is 6.33 Å². The minimum atomic E-state index is -0.572. The summed E-state index contributed by atoms with van der Waals surface area (Å²) in [6.07, 6.45) is 5.47. The van der Waals surface area contributed by atoms with Crippen molar-refractivity contribution in [2.24, 2.45) is 0 Å². The van der Waals surface area contributed by atoms with Gasteiger partial charge in [-0.05, 0) is 32.6 Å². The first kappa shape index (κ1) is 14.3. The molecule has 0 spiro atoms. The molecule has 19 heavy (non-hydrogen) atoms. The van der Waals surface area contributed by atoms with Crippen LogP contribution in [0.1, 0.15) is 32.6 Å². The maximum Gasteiger partial charge on any atom is 0.325 e. The van der Waals surface area contributed by atoms with Crippen LogP contribution in [0, 0.1) is 0 Å². The highest BCUT2D eigenvalue weighted by Crippen LogP contribution is 2.26. The molecule has 1 aromatic heterocycles. The normalized spacial score (nSPS) is 18.0. The molecule has 0 saturated heterocycles. The molecule has 0 aliphatic heterocycles. The molecule has 1 aliphatic rings. The Labute approximate surface area is 117 Å². The van der Waals surface area contributed by atoms with Gasteiger partial charge in [-0.3, -0.25) is 15.2 Å². The van der Waals surface area contributed by atoms with E-state index in [4.69, 9.17) is 4.74 Å². The van der Waals surface area contributed by atoms with Crippen molar-refractivity contribution >= 4 is 17.7 Å². The number of hydrogen-bond acceptors (Lipinski definition) is 6. The number of nitrogens with zero attached hydrogens (tertiary/aromatic N) is 2. The van der Waals surface area contributed by atoms with E-state index in [1.165, 1.54) is 13.4 Å². The Morgan fingerprint density at radius 3 is 3.05 bits per heavy atom. The van der Waals surface area contributed by atoms with Gasteiger partial charge in [0, 0.05) is 11.8 Å². The minimum Gasteiger partial charge on any atom is -0.468 e. The fourth-order valence-corrected chi connectivity index (χ4v) is 2.72. The van der Waals surface area contributed by atoms with Crippen LogP contribution < -0.4 is 5.32 Å². The summed E-state index contributed by atoms with van der Waals surface area (Å²) in [4.78, 5) is 15.9. The average Bonchev–Trinajstić information content (AvgIpc) is 3.06. The van der Waals surface area contributed by atoms with Crippen molar-refractivity contribution in [1.82, 2.24) is 20.5 Å². The number of carbonyl (C=O) groups excluding carboxylic acids is 1. The van der Waals surface area contributed by atoms with E-state index in [9.17, 15) is 4.79 Å². The molecule has 0 aromatic carbocycles. The van der Waals surface area contributed by atoms with E-state index in [1.807, 2.05) is 6.92 Å². The van der Waals surface area contributed by atoms with Gasteiger partial charge in [-0.25, -0.2) is 4.98 Å². The third kappa shape index (κ3) is 4.21. The summed E-state index contributed by atoms with van der Waals surface area (Å²) in [5, 5.41) is 10.8. The van der Waals surface area contributed by atoms with E-state index < -0.39 is 5.54 Å². The third-order valence-electron chi connectivity index (χ3n) is 3.19. The van der Waals surface area contributed by atoms with Crippen molar-refractivity contribution < 1.29 is 9.53 Å². The van der Waals surface area contributed by atoms with Gasteiger partial charge >= 0.3 is 5.97 Å². The number of hydrogen-bond donors (Lipinski definition) is 2. The van der Waals surface area contributed by atoms with Crippen LogP contribution in [0.25, 0.3) is 0 Å². The lowest BCUT2D eigenvalue weighted by molar-refractivity contribution is -0.148. The van der Waals surface area contributed by atoms with Gasteiger partial charge in [-0.15, -0.1) is 0 Å². The van der Waals surface area contributed by atoms with Gasteiger partial charge in [0.2, 0.25) is 0 Å². The van der Waals surface area contributed by atoms with Crippen molar-refractivity contribution in [3.63, 3.8) is 0 Å². The molecule has 1 fully saturated rings. The van der Waals surface area contributed by atoms with Gasteiger partial charge < -0.3 is 4.74 Å². The molecule has 0 bridgehead atoms. The lowest BCUT2D eigenvalue weighted by Gasteiger charge is -2.28. The van der Waals surface area contributed by atoms with Gasteiger partial charge in [0.1, 0.15) is 11.9 Å². The van der Waals surface area contributed by atoms with Gasteiger partial charge in [-0.2, -0.15) is 5.10 Å². The van der Waals surface area contributed by atoms with E-state index in [0.29, 0.717) is 6.04 Å². The Balaban J connectivity index is 1.77. The number of rotatable bonds is 8. The first-order valence-electron chi connectivity index (χ1n) is 6.48. The average molecular weight is 284 g/mol. The molecular weight excluding hydrogens is 264 g/mol. The lowest BCUT2D eigenvalue weighted by atomic mass is 9.96. The topological polar surface area (TPSA) is 79.9 Å². The molecular formula is C12H20N4O2S. The maximum absolute atomic E-state index is 11.9. The second-order valence-corrected chi connectivity index (χ2v) is 6.07. The van der Waals surface area contributed by atoms with Crippen LogP contribution in [0.5, 0.6) is 0 Å². The molecule has 1 aromatic rings. The predicted molar refractivity (Wildman–Crippen MR) is 72.9 cm³/mol. The quantitative estimate of drug-likeness (QED) is 0.426. The van der Waals surface area contributed by atoms with Crippen LogP contribution in [0.3, 0.4) is 0 Å². The summed E-state index contributed by atoms with van der Waals surface area (Å²) in [5.41, 5.74) is -0.572. The summed E-state index contributed by atoms with van der Waals surface area (Å²) in [7, 11) is 1.44. The van der Waals surface area contributed by atoms with Crippen LogP contribution in [-0.2, 0) is 9.53 Å². The fraction of sp³-hybridized carbons (Fsp3) is 0.750. The Bertz CT molecular complexity index is 408. The third-order valence-corrected chi connectivity index (χ3v) is 4.15. The standard InChI is InChI=1S/C12H20N4O2S/c1-12(10(17)18-2,15-9-4-5-9)6-3-7-19-11-13-8-14-16-11/h8-9,15H,3-7H2,1-2H3,(H,13,14,16). The zero-order valence-corrected chi connectivity index (χ0v) is 12.1. The van der Waals surface area contributed by atoms with Crippen LogP contribution >= 0.6 is 11.8 Å². The highest BCUT2D eigenvalue weighted by Gasteiger charge is 2.38. The number of carbonyl (C=O) groups is 1. The van der Waals surface area contributed by atoms with E-state index in [-0.39, 0.29) is 5.97 Å². The number of esters is 1. The van der Waals surface area contributed by atoms with Crippen molar-refractivity contribution in [3.8, 4) is 0 Å². The number of thioether (sulfide) groups is 1. The number of ether oxygens (including phenoxy) is 1. The predicted octanol–water partition coefficient (Wildman–Crippen LogP) is 1.36. The molecule has 2 N–H and O–H groups in total. The molecule has 0 amide bonds. The van der Waals surface area contributed by atoms with Crippen molar-refractivity contribution in [2.75, 3.05) is 12.9 Å². The van der Waals surface area contributed by atoms with Gasteiger partial charge in [0.25, 0.3) is 0 Å². The summed E-state index contributed by atoms with van der Waals surface area (Å²) < 4.78 is 4.91. The Morgan fingerprint density at radius 1 is 1.68 bits per heavy atom. The zero-order valence-electron chi connectivity index (χ0n) is 11.3. The molecule has 1 aliphatic carbocycles. The van der Waals surface area contributed by atoms with Crippen LogP contribution in [-0.4, -0.2) is 45.6 Å². The Kier molecular flexibility index (Phi) is 4.81. The van der Waals surface area contributed by atoms with Gasteiger partial charge in [0.05, 0.1) is 7.11 Å². The first-order valence-corrected chi connectivity index (χ1v) is 7.47. The number of nitrogens with one attached hydrogen (secondary N) is 2. The molecule has 106 valence electrons. The Hall–Kier alpha value is -1.08. The highest BCUT2D eigenvalue weighted by atomic mass is 32.2. The first-order chi connectivity index (χ1) is 9.14. The highest BCUT2D eigenvalue weighted by molar-refractivity contribution is 7.99. The van der Waals surface area contributed by atoms with Gasteiger partial charge in [-0.1, -0.05) is 11.8 Å². The Morgan fingerprint density at radius 2 is 2.47 bits per heavy atom. The van der Waals surface area contributed by atoms with Crippen LogP contribution in [0.2, 0.25) is 0 Å². The van der Waals surface area contributed by atoms with E-state index in [1.54, 1.807) is 11.8 Å². The molecule has 6 nitrogen and oxygen atoms in total. The summed E-state index contributed by atoms with van der Waals surface area (Å²) in [6, 6.07) is 0.478. The van der Waals surface area contributed by atoms with E-state index >= 15 is 0 Å². The number of aromatic amines is 1. The lowest BCUT2D eigenvalue weighted by Crippen LogP contribution is -2.51. The molecule has 0 radical (unpaired) electrons. The van der Waals surface area contributed by atoms with E-state index in [0.717, 1.165) is 36.6 Å².